The van der Waals surface area contributed by atoms with E-state index in [9.17, 15) is 4.79 Å². The number of nitrogens with one attached hydrogen (secondary N) is 1. The van der Waals surface area contributed by atoms with Gasteiger partial charge in [0.25, 0.3) is 0 Å². The van der Waals surface area contributed by atoms with Crippen LogP contribution in [0.3, 0.4) is 0 Å². The maximum absolute atomic E-state index is 12.6. The number of rotatable bonds is 2. The van der Waals surface area contributed by atoms with Crippen LogP contribution >= 0.6 is 11.8 Å². The highest BCUT2D eigenvalue weighted by Gasteiger charge is 2.24. The molecule has 0 bridgehead atoms. The Balaban J connectivity index is 1.75. The summed E-state index contributed by atoms with van der Waals surface area (Å²) in [6.07, 6.45) is 16.8. The summed E-state index contributed by atoms with van der Waals surface area (Å²) >= 11 is 1.55. The molecule has 21 heavy (non-hydrogen) atoms. The molecule has 0 fully saturated rings. The summed E-state index contributed by atoms with van der Waals surface area (Å²) in [5.74, 6) is 0.252. The zero-order chi connectivity index (χ0) is 14.7. The maximum Gasteiger partial charge on any atom is 0.176 e. The predicted octanol–water partition coefficient (Wildman–Crippen LogP) is 4.25. The molecule has 0 amide bonds. The molecule has 0 aromatic carbocycles. The second-order valence-corrected chi connectivity index (χ2v) is 6.66. The molecule has 0 aromatic heterocycles. The van der Waals surface area contributed by atoms with Gasteiger partial charge in [0.2, 0.25) is 0 Å². The van der Waals surface area contributed by atoms with E-state index in [1.54, 1.807) is 11.8 Å². The SMILES string of the molecule is CC1=CCCC2=CCC(C(=O)C3=CCC=CS3)C=CC2N1. The molecule has 2 unspecified atom stereocenters. The lowest BCUT2D eigenvalue weighted by atomic mass is 9.98. The van der Waals surface area contributed by atoms with Crippen LogP contribution in [0.25, 0.3) is 0 Å². The van der Waals surface area contributed by atoms with Crippen LogP contribution < -0.4 is 5.32 Å². The Morgan fingerprint density at radius 1 is 1.29 bits per heavy atom. The fraction of sp³-hybridized carbons (Fsp3) is 0.389. The molecule has 3 heteroatoms. The number of carbonyl (C=O) groups is 1. The maximum atomic E-state index is 12.6. The minimum atomic E-state index is -0.0132. The quantitative estimate of drug-likeness (QED) is 0.773. The van der Waals surface area contributed by atoms with Crippen LogP contribution in [0.5, 0.6) is 0 Å². The van der Waals surface area contributed by atoms with Crippen molar-refractivity contribution >= 4 is 17.5 Å². The molecule has 3 rings (SSSR count). The number of Topliss-reactive ketones (excluding diaryl/α,β-unsaturated/α-hetero) is 1. The van der Waals surface area contributed by atoms with Crippen LogP contribution in [0.1, 0.15) is 32.6 Å². The van der Waals surface area contributed by atoms with E-state index in [1.807, 2.05) is 11.5 Å². The highest BCUT2D eigenvalue weighted by molar-refractivity contribution is 8.06. The topological polar surface area (TPSA) is 29.1 Å². The van der Waals surface area contributed by atoms with Crippen molar-refractivity contribution < 1.29 is 4.79 Å². The van der Waals surface area contributed by atoms with Crippen molar-refractivity contribution in [2.75, 3.05) is 0 Å². The lowest BCUT2D eigenvalue weighted by molar-refractivity contribution is -0.117. The second kappa shape index (κ2) is 6.52. The van der Waals surface area contributed by atoms with Crippen molar-refractivity contribution in [1.82, 2.24) is 5.32 Å². The van der Waals surface area contributed by atoms with Crippen molar-refractivity contribution in [3.63, 3.8) is 0 Å². The van der Waals surface area contributed by atoms with Gasteiger partial charge in [-0.1, -0.05) is 48.2 Å². The van der Waals surface area contributed by atoms with Crippen LogP contribution in [0.2, 0.25) is 0 Å². The standard InChI is InChI=1S/C18H21NOS/c1-13-5-4-6-14-8-9-15(10-11-16(14)19-13)18(20)17-7-2-3-12-21-17/h3,5,7-8,10-12,15-16,19H,2,4,6,9H2,1H3. The lowest BCUT2D eigenvalue weighted by Crippen LogP contribution is -2.25. The van der Waals surface area contributed by atoms with Crippen LogP contribution in [0, 0.1) is 5.92 Å². The van der Waals surface area contributed by atoms with Crippen molar-refractivity contribution in [3.8, 4) is 0 Å². The number of ketones is 1. The van der Waals surface area contributed by atoms with Gasteiger partial charge in [0.1, 0.15) is 0 Å². The van der Waals surface area contributed by atoms with Gasteiger partial charge in [0.15, 0.2) is 5.78 Å². The van der Waals surface area contributed by atoms with Crippen LogP contribution in [-0.2, 0) is 4.79 Å². The Bertz CT molecular complexity index is 580. The van der Waals surface area contributed by atoms with E-state index in [1.165, 1.54) is 11.3 Å². The molecule has 2 atom stereocenters. The first-order valence-electron chi connectivity index (χ1n) is 7.60. The molecular formula is C18H21NOS. The summed E-state index contributed by atoms with van der Waals surface area (Å²) in [6, 6.07) is 0.259. The Labute approximate surface area is 130 Å². The second-order valence-electron chi connectivity index (χ2n) is 5.71. The first-order valence-corrected chi connectivity index (χ1v) is 8.48. The Morgan fingerprint density at radius 2 is 2.19 bits per heavy atom. The molecule has 0 saturated carbocycles. The van der Waals surface area contributed by atoms with Gasteiger partial charge in [-0.3, -0.25) is 4.79 Å². The third kappa shape index (κ3) is 3.41. The number of hydrogen-bond donors (Lipinski definition) is 1. The number of allylic oxidation sites excluding steroid dienone is 7. The van der Waals surface area contributed by atoms with Gasteiger partial charge < -0.3 is 5.32 Å². The summed E-state index contributed by atoms with van der Waals surface area (Å²) in [7, 11) is 0. The molecule has 3 aliphatic rings. The average Bonchev–Trinajstić information content (AvgIpc) is 2.80. The van der Waals surface area contributed by atoms with Crippen molar-refractivity contribution in [3.05, 3.63) is 58.0 Å². The van der Waals surface area contributed by atoms with Crippen molar-refractivity contribution in [1.29, 1.82) is 0 Å². The zero-order valence-electron chi connectivity index (χ0n) is 12.3. The van der Waals surface area contributed by atoms with Crippen molar-refractivity contribution in [2.24, 2.45) is 5.92 Å². The Morgan fingerprint density at radius 3 is 3.00 bits per heavy atom. The van der Waals surface area contributed by atoms with Crippen LogP contribution in [-0.4, -0.2) is 11.8 Å². The smallest absolute Gasteiger partial charge is 0.176 e. The average molecular weight is 299 g/mol. The Kier molecular flexibility index (Phi) is 4.49. The van der Waals surface area contributed by atoms with Gasteiger partial charge in [-0.2, -0.15) is 0 Å². The van der Waals surface area contributed by atoms with Gasteiger partial charge in [-0.25, -0.2) is 0 Å². The van der Waals surface area contributed by atoms with Crippen molar-refractivity contribution in [2.45, 2.75) is 38.6 Å². The molecule has 0 aromatic rings. The fourth-order valence-electron chi connectivity index (χ4n) is 2.95. The van der Waals surface area contributed by atoms with E-state index < -0.39 is 0 Å². The summed E-state index contributed by atoms with van der Waals surface area (Å²) in [5, 5.41) is 5.54. The summed E-state index contributed by atoms with van der Waals surface area (Å²) < 4.78 is 0. The Hall–Kier alpha value is -1.48. The minimum absolute atomic E-state index is 0.0132. The highest BCUT2D eigenvalue weighted by atomic mass is 32.2. The molecule has 1 N–H and O–H groups in total. The third-order valence-corrected chi connectivity index (χ3v) is 5.10. The highest BCUT2D eigenvalue weighted by Crippen LogP contribution is 2.30. The van der Waals surface area contributed by atoms with E-state index in [4.69, 9.17) is 0 Å². The van der Waals surface area contributed by atoms with Gasteiger partial charge in [-0.05, 0) is 43.6 Å². The number of fused-ring (bicyclic) bond motifs is 1. The largest absolute Gasteiger partial charge is 0.379 e. The van der Waals surface area contributed by atoms with E-state index in [0.29, 0.717) is 0 Å². The first kappa shape index (κ1) is 14.5. The molecule has 1 aliphatic carbocycles. The first-order chi connectivity index (χ1) is 10.2. The monoisotopic (exact) mass is 299 g/mol. The molecular weight excluding hydrogens is 278 g/mol. The van der Waals surface area contributed by atoms with Gasteiger partial charge in [-0.15, -0.1) is 0 Å². The molecule has 2 nitrogen and oxygen atoms in total. The predicted molar refractivity (Wildman–Crippen MR) is 89.7 cm³/mol. The summed E-state index contributed by atoms with van der Waals surface area (Å²) in [4.78, 5) is 13.5. The summed E-state index contributed by atoms with van der Waals surface area (Å²) in [5.41, 5.74) is 2.65. The zero-order valence-corrected chi connectivity index (χ0v) is 13.2. The molecule has 0 spiro atoms. The number of carbonyl (C=O) groups excluding carboxylic acids is 1. The molecule has 110 valence electrons. The molecule has 0 radical (unpaired) electrons. The fourth-order valence-corrected chi connectivity index (χ4v) is 3.76. The van der Waals surface area contributed by atoms with Gasteiger partial charge in [0, 0.05) is 11.6 Å². The minimum Gasteiger partial charge on any atom is -0.379 e. The molecule has 0 saturated heterocycles. The molecule has 2 heterocycles. The van der Waals surface area contributed by atoms with E-state index in [0.717, 1.165) is 30.6 Å². The van der Waals surface area contributed by atoms with Gasteiger partial charge >= 0.3 is 0 Å². The number of hydrogen-bond acceptors (Lipinski definition) is 3. The van der Waals surface area contributed by atoms with E-state index in [-0.39, 0.29) is 17.7 Å². The van der Waals surface area contributed by atoms with Gasteiger partial charge in [0.05, 0.1) is 10.9 Å². The summed E-state index contributed by atoms with van der Waals surface area (Å²) in [6.45, 7) is 2.11. The normalized spacial score (nSPS) is 28.3. The number of thioether (sulfide) groups is 1. The van der Waals surface area contributed by atoms with Crippen LogP contribution in [0.4, 0.5) is 0 Å². The third-order valence-electron chi connectivity index (χ3n) is 4.15. The molecule has 2 aliphatic heterocycles. The van der Waals surface area contributed by atoms with E-state index >= 15 is 0 Å². The van der Waals surface area contributed by atoms with E-state index in [2.05, 4.69) is 42.6 Å². The van der Waals surface area contributed by atoms with Crippen LogP contribution in [0.15, 0.2) is 58.0 Å². The lowest BCUT2D eigenvalue weighted by Gasteiger charge is -2.16.